The van der Waals surface area contributed by atoms with Gasteiger partial charge in [0.1, 0.15) is 0 Å². The molecule has 10 aromatic carbocycles. The molecule has 0 unspecified atom stereocenters. The minimum Gasteiger partial charge on any atom is -0.453 e. The lowest BCUT2D eigenvalue weighted by molar-refractivity contribution is 0.477. The Morgan fingerprint density at radius 3 is 1.14 bits per heavy atom. The number of aromatic nitrogens is 3. The maximum atomic E-state index is 10.4. The van der Waals surface area contributed by atoms with Crippen LogP contribution in [0.5, 0.6) is 23.0 Å². The monoisotopic (exact) mass is 974 g/mol. The number of nitrogens with zero attached hydrogens (tertiary/aromatic N) is 8. The summed E-state index contributed by atoms with van der Waals surface area (Å²) in [6.45, 7) is 0. The zero-order valence-corrected chi connectivity index (χ0v) is 40.3. The number of fused-ring (bicyclic) bond motifs is 4. The van der Waals surface area contributed by atoms with Crippen molar-refractivity contribution >= 4 is 34.1 Å². The van der Waals surface area contributed by atoms with Gasteiger partial charge in [0.15, 0.2) is 40.5 Å². The van der Waals surface area contributed by atoms with Gasteiger partial charge >= 0.3 is 0 Å². The van der Waals surface area contributed by atoms with Crippen molar-refractivity contribution in [3.63, 3.8) is 0 Å². The predicted molar refractivity (Wildman–Crippen MR) is 296 cm³/mol. The number of anilines is 6. The predicted octanol–water partition coefficient (Wildman–Crippen LogP) is 16.6. The molecule has 0 saturated heterocycles. The van der Waals surface area contributed by atoms with Crippen LogP contribution in [0.3, 0.4) is 0 Å². The number of ether oxygens (including phenoxy) is 2. The Morgan fingerprint density at radius 2 is 0.684 bits per heavy atom. The summed E-state index contributed by atoms with van der Waals surface area (Å²) in [5, 5.41) is 30.6. The van der Waals surface area contributed by atoms with Crippen LogP contribution in [0.4, 0.5) is 34.1 Å². The molecule has 0 amide bonds. The highest BCUT2D eigenvalue weighted by Gasteiger charge is 2.32. The first kappa shape index (κ1) is 44.8. The summed E-state index contributed by atoms with van der Waals surface area (Å²) in [7, 11) is 0. The SMILES string of the molecule is N#Cc1cccc(-c2cccc(-c3nc(-c4ccc(-c5ccccc5C#N)cc4N4c5ccccc5Oc5ccccc54)nc(-c4ccc(-c5ccccc5C#N)cc4N4c5ccccc5Oc5ccccc54)n3)c2)c1. The van der Waals surface area contributed by atoms with Crippen molar-refractivity contribution in [3.8, 4) is 109 Å². The Balaban J connectivity index is 1.11. The van der Waals surface area contributed by atoms with Gasteiger partial charge in [0.05, 0.1) is 69.0 Å². The van der Waals surface area contributed by atoms with E-state index in [2.05, 4.69) is 40.1 Å². The summed E-state index contributed by atoms with van der Waals surface area (Å²) < 4.78 is 13.1. The summed E-state index contributed by atoms with van der Waals surface area (Å²) in [6, 6.07) is 81.6. The Hall–Kier alpha value is -11.1. The quantitative estimate of drug-likeness (QED) is 0.145. The lowest BCUT2D eigenvalue weighted by atomic mass is 9.96. The average molecular weight is 975 g/mol. The van der Waals surface area contributed by atoms with Gasteiger partial charge in [-0.2, -0.15) is 15.8 Å². The molecule has 0 saturated carbocycles. The largest absolute Gasteiger partial charge is 0.453 e. The minimum absolute atomic E-state index is 0.376. The van der Waals surface area contributed by atoms with Crippen molar-refractivity contribution in [1.82, 2.24) is 15.0 Å². The second-order valence-electron chi connectivity index (χ2n) is 18.1. The highest BCUT2D eigenvalue weighted by Crippen LogP contribution is 2.55. The van der Waals surface area contributed by atoms with E-state index in [1.807, 2.05) is 212 Å². The highest BCUT2D eigenvalue weighted by molar-refractivity contribution is 5.97. The second-order valence-corrected chi connectivity index (χ2v) is 18.1. The van der Waals surface area contributed by atoms with E-state index in [9.17, 15) is 15.8 Å². The number of nitriles is 3. The molecule has 0 aliphatic carbocycles. The maximum absolute atomic E-state index is 10.4. The molecule has 354 valence electrons. The van der Waals surface area contributed by atoms with E-state index >= 15 is 0 Å². The Morgan fingerprint density at radius 1 is 0.289 bits per heavy atom. The molecule has 11 aromatic rings. The van der Waals surface area contributed by atoms with Crippen molar-refractivity contribution in [1.29, 1.82) is 15.8 Å². The van der Waals surface area contributed by atoms with Gasteiger partial charge in [0.25, 0.3) is 0 Å². The third kappa shape index (κ3) is 7.87. The molecular formula is C66H38N8O2. The molecule has 1 aromatic heterocycles. The van der Waals surface area contributed by atoms with E-state index in [0.29, 0.717) is 68.3 Å². The second kappa shape index (κ2) is 18.8. The van der Waals surface area contributed by atoms with E-state index in [-0.39, 0.29) is 0 Å². The van der Waals surface area contributed by atoms with Gasteiger partial charge in [-0.25, -0.2) is 15.0 Å². The van der Waals surface area contributed by atoms with E-state index in [0.717, 1.165) is 73.1 Å². The van der Waals surface area contributed by atoms with Crippen LogP contribution in [0.15, 0.2) is 231 Å². The molecule has 0 N–H and O–H groups in total. The van der Waals surface area contributed by atoms with Crippen molar-refractivity contribution in [2.45, 2.75) is 0 Å². The maximum Gasteiger partial charge on any atom is 0.166 e. The van der Waals surface area contributed by atoms with E-state index < -0.39 is 0 Å². The van der Waals surface area contributed by atoms with Crippen LogP contribution in [0.1, 0.15) is 16.7 Å². The van der Waals surface area contributed by atoms with Gasteiger partial charge in [-0.15, -0.1) is 0 Å². The molecule has 0 spiro atoms. The lowest BCUT2D eigenvalue weighted by Crippen LogP contribution is -2.17. The van der Waals surface area contributed by atoms with Crippen molar-refractivity contribution < 1.29 is 9.47 Å². The molecule has 76 heavy (non-hydrogen) atoms. The molecule has 0 fully saturated rings. The first-order valence-corrected chi connectivity index (χ1v) is 24.5. The van der Waals surface area contributed by atoms with Crippen LogP contribution >= 0.6 is 0 Å². The van der Waals surface area contributed by atoms with Gasteiger partial charge < -0.3 is 19.3 Å². The van der Waals surface area contributed by atoms with Crippen LogP contribution in [0, 0.1) is 34.0 Å². The molecule has 0 atom stereocenters. The first-order chi connectivity index (χ1) is 37.5. The zero-order valence-electron chi connectivity index (χ0n) is 40.3. The molecule has 2 aliphatic heterocycles. The third-order valence-electron chi connectivity index (χ3n) is 13.6. The van der Waals surface area contributed by atoms with Gasteiger partial charge in [-0.1, -0.05) is 127 Å². The summed E-state index contributed by atoms with van der Waals surface area (Å²) in [5.41, 5.74) is 13.3. The third-order valence-corrected chi connectivity index (χ3v) is 13.6. The standard InChI is InChI=1S/C66H38N8O2/c67-39-42-15-13-18-43(35-42)44-19-14-20-47(36-44)64-70-65(52-33-31-45(50-21-3-1-16-48(50)40-68)37-58(52)73-54-23-5-9-27-60(54)75-61-28-10-6-24-55(61)73)72-66(71-64)53-34-32-46(51-22-4-2-17-49(51)41-69)38-59(53)74-56-25-7-11-29-62(56)76-63-30-12-8-26-57(63)74/h1-38H. The highest BCUT2D eigenvalue weighted by atomic mass is 16.5. The van der Waals surface area contributed by atoms with E-state index in [4.69, 9.17) is 24.4 Å². The van der Waals surface area contributed by atoms with Crippen LogP contribution in [-0.2, 0) is 0 Å². The number of hydrogen-bond acceptors (Lipinski definition) is 10. The first-order valence-electron chi connectivity index (χ1n) is 24.5. The van der Waals surface area contributed by atoms with Gasteiger partial charge in [-0.05, 0) is 137 Å². The average Bonchev–Trinajstić information content (AvgIpc) is 3.55. The fraction of sp³-hybridized carbons (Fsp3) is 0. The number of hydrogen-bond donors (Lipinski definition) is 0. The Bertz CT molecular complexity index is 3970. The molecule has 2 aliphatic rings. The molecule has 10 nitrogen and oxygen atoms in total. The molecular weight excluding hydrogens is 937 g/mol. The summed E-state index contributed by atoms with van der Waals surface area (Å²) in [5.74, 6) is 3.81. The summed E-state index contributed by atoms with van der Waals surface area (Å²) >= 11 is 0. The molecule has 10 heteroatoms. The van der Waals surface area contributed by atoms with Crippen LogP contribution < -0.4 is 19.3 Å². The minimum atomic E-state index is 0.376. The molecule has 0 bridgehead atoms. The topological polar surface area (TPSA) is 135 Å². The number of para-hydroxylation sites is 8. The molecule has 3 heterocycles. The molecule has 0 radical (unpaired) electrons. The van der Waals surface area contributed by atoms with Gasteiger partial charge in [0.2, 0.25) is 0 Å². The van der Waals surface area contributed by atoms with Crippen LogP contribution in [-0.4, -0.2) is 15.0 Å². The van der Waals surface area contributed by atoms with Gasteiger partial charge in [-0.3, -0.25) is 0 Å². The Labute approximate surface area is 438 Å². The van der Waals surface area contributed by atoms with Crippen molar-refractivity contribution in [2.24, 2.45) is 0 Å². The fourth-order valence-corrected chi connectivity index (χ4v) is 10.1. The zero-order chi connectivity index (χ0) is 51.1. The smallest absolute Gasteiger partial charge is 0.166 e. The van der Waals surface area contributed by atoms with Gasteiger partial charge in [0, 0.05) is 16.7 Å². The summed E-state index contributed by atoms with van der Waals surface area (Å²) in [6.07, 6.45) is 0. The number of rotatable bonds is 8. The van der Waals surface area contributed by atoms with E-state index in [1.165, 1.54) is 0 Å². The fourth-order valence-electron chi connectivity index (χ4n) is 10.1. The van der Waals surface area contributed by atoms with E-state index in [1.54, 1.807) is 6.07 Å². The molecule has 13 rings (SSSR count). The van der Waals surface area contributed by atoms with Crippen LogP contribution in [0.2, 0.25) is 0 Å². The van der Waals surface area contributed by atoms with Crippen molar-refractivity contribution in [2.75, 3.05) is 9.80 Å². The summed E-state index contributed by atoms with van der Waals surface area (Å²) in [4.78, 5) is 20.7. The van der Waals surface area contributed by atoms with Crippen molar-refractivity contribution in [3.05, 3.63) is 247 Å². The number of benzene rings is 10. The van der Waals surface area contributed by atoms with Crippen LogP contribution in [0.25, 0.3) is 67.5 Å². The normalized spacial score (nSPS) is 11.8. The lowest BCUT2D eigenvalue weighted by Gasteiger charge is -2.34. The Kier molecular flexibility index (Phi) is 11.1.